The van der Waals surface area contributed by atoms with Crippen LogP contribution >= 0.6 is 35.7 Å². The van der Waals surface area contributed by atoms with Crippen molar-refractivity contribution in [1.29, 1.82) is 0 Å². The average molecular weight is 508 g/mol. The molecule has 7 heteroatoms. The minimum Gasteiger partial charge on any atom is -0.357 e. The first-order valence-electron chi connectivity index (χ1n) is 9.59. The van der Waals surface area contributed by atoms with Gasteiger partial charge in [-0.2, -0.15) is 11.8 Å². The molecule has 0 aromatic heterocycles. The lowest BCUT2D eigenvalue weighted by atomic mass is 9.94. The summed E-state index contributed by atoms with van der Waals surface area (Å²) in [6.45, 7) is 6.84. The van der Waals surface area contributed by atoms with Gasteiger partial charge in [-0.25, -0.2) is 9.38 Å². The molecule has 0 aliphatic carbocycles. The SMILES string of the molecule is CCNC(=NCc1ccc(F)cc1CSC)NCCC1CCN(C)CC1.I. The number of guanidine groups is 1. The van der Waals surface area contributed by atoms with Crippen LogP contribution in [-0.4, -0.2) is 50.3 Å². The quantitative estimate of drug-likeness (QED) is 0.315. The van der Waals surface area contributed by atoms with E-state index in [0.29, 0.717) is 6.54 Å². The maximum absolute atomic E-state index is 13.5. The molecule has 2 rings (SSSR count). The predicted molar refractivity (Wildman–Crippen MR) is 127 cm³/mol. The van der Waals surface area contributed by atoms with E-state index >= 15 is 0 Å². The Morgan fingerprint density at radius 1 is 1.26 bits per heavy atom. The molecule has 0 unspecified atom stereocenters. The van der Waals surface area contributed by atoms with E-state index in [4.69, 9.17) is 4.99 Å². The Morgan fingerprint density at radius 3 is 2.67 bits per heavy atom. The monoisotopic (exact) mass is 508 g/mol. The van der Waals surface area contributed by atoms with Gasteiger partial charge in [0.25, 0.3) is 0 Å². The molecule has 2 N–H and O–H groups in total. The lowest BCUT2D eigenvalue weighted by Crippen LogP contribution is -2.39. The summed E-state index contributed by atoms with van der Waals surface area (Å²) in [5.74, 6) is 2.29. The van der Waals surface area contributed by atoms with Crippen molar-refractivity contribution in [2.45, 2.75) is 38.5 Å². The largest absolute Gasteiger partial charge is 0.357 e. The van der Waals surface area contributed by atoms with E-state index in [2.05, 4.69) is 29.5 Å². The van der Waals surface area contributed by atoms with Crippen LogP contribution in [-0.2, 0) is 12.3 Å². The predicted octanol–water partition coefficient (Wildman–Crippen LogP) is 4.09. The number of piperidine rings is 1. The highest BCUT2D eigenvalue weighted by atomic mass is 127. The molecule has 0 atom stereocenters. The van der Waals surface area contributed by atoms with Gasteiger partial charge in [0.15, 0.2) is 5.96 Å². The number of nitrogens with zero attached hydrogens (tertiary/aromatic N) is 2. The fourth-order valence-electron chi connectivity index (χ4n) is 3.29. The number of aliphatic imine (C=N–C) groups is 1. The van der Waals surface area contributed by atoms with Crippen molar-refractivity contribution in [2.75, 3.05) is 39.5 Å². The zero-order chi connectivity index (χ0) is 18.8. The van der Waals surface area contributed by atoms with Crippen molar-refractivity contribution in [2.24, 2.45) is 10.9 Å². The molecule has 0 amide bonds. The van der Waals surface area contributed by atoms with Crippen molar-refractivity contribution in [3.8, 4) is 0 Å². The van der Waals surface area contributed by atoms with Gasteiger partial charge in [-0.1, -0.05) is 6.07 Å². The molecule has 0 bridgehead atoms. The van der Waals surface area contributed by atoms with Crippen LogP contribution in [0.5, 0.6) is 0 Å². The Bertz CT molecular complexity index is 577. The Hall–Kier alpha value is -0.540. The number of benzene rings is 1. The molecule has 4 nitrogen and oxygen atoms in total. The molecule has 0 saturated carbocycles. The topological polar surface area (TPSA) is 39.7 Å². The molecule has 1 aliphatic heterocycles. The summed E-state index contributed by atoms with van der Waals surface area (Å²) >= 11 is 1.70. The third-order valence-electron chi connectivity index (χ3n) is 4.90. The van der Waals surface area contributed by atoms with E-state index in [1.54, 1.807) is 17.8 Å². The maximum atomic E-state index is 13.5. The minimum absolute atomic E-state index is 0. The fourth-order valence-corrected chi connectivity index (χ4v) is 3.87. The Balaban J connectivity index is 0.00000364. The fraction of sp³-hybridized carbons (Fsp3) is 0.650. The van der Waals surface area contributed by atoms with Crippen molar-refractivity contribution in [1.82, 2.24) is 15.5 Å². The third kappa shape index (κ3) is 9.00. The molecular formula is C20H34FIN4S. The molecule has 1 aliphatic rings. The van der Waals surface area contributed by atoms with Gasteiger partial charge in [0.2, 0.25) is 0 Å². The van der Waals surface area contributed by atoms with Crippen LogP contribution in [0, 0.1) is 11.7 Å². The van der Waals surface area contributed by atoms with Crippen LogP contribution in [0.1, 0.15) is 37.3 Å². The number of hydrogen-bond acceptors (Lipinski definition) is 3. The number of halogens is 2. The summed E-state index contributed by atoms with van der Waals surface area (Å²) in [6.07, 6.45) is 5.80. The molecule has 27 heavy (non-hydrogen) atoms. The molecule has 1 aromatic carbocycles. The number of hydrogen-bond donors (Lipinski definition) is 2. The van der Waals surface area contributed by atoms with Crippen molar-refractivity contribution >= 4 is 41.7 Å². The second kappa shape index (κ2) is 13.6. The highest BCUT2D eigenvalue weighted by molar-refractivity contribution is 14.0. The zero-order valence-electron chi connectivity index (χ0n) is 16.8. The first-order chi connectivity index (χ1) is 12.6. The average Bonchev–Trinajstić information content (AvgIpc) is 2.63. The van der Waals surface area contributed by atoms with Crippen molar-refractivity contribution in [3.63, 3.8) is 0 Å². The van der Waals surface area contributed by atoms with Gasteiger partial charge in [-0.15, -0.1) is 24.0 Å². The number of rotatable bonds is 8. The lowest BCUT2D eigenvalue weighted by molar-refractivity contribution is 0.213. The van der Waals surface area contributed by atoms with Crippen LogP contribution in [0.3, 0.4) is 0 Å². The normalized spacial score (nSPS) is 16.1. The van der Waals surface area contributed by atoms with E-state index in [1.807, 2.05) is 12.3 Å². The highest BCUT2D eigenvalue weighted by Crippen LogP contribution is 2.19. The van der Waals surface area contributed by atoms with Gasteiger partial charge in [0, 0.05) is 18.8 Å². The third-order valence-corrected chi connectivity index (χ3v) is 5.50. The second-order valence-corrected chi connectivity index (χ2v) is 7.87. The molecular weight excluding hydrogens is 474 g/mol. The first kappa shape index (κ1) is 24.5. The highest BCUT2D eigenvalue weighted by Gasteiger charge is 2.16. The van der Waals surface area contributed by atoms with Crippen LogP contribution in [0.15, 0.2) is 23.2 Å². The summed E-state index contributed by atoms with van der Waals surface area (Å²) in [7, 11) is 2.20. The van der Waals surface area contributed by atoms with E-state index < -0.39 is 0 Å². The van der Waals surface area contributed by atoms with Gasteiger partial charge in [0.1, 0.15) is 5.82 Å². The maximum Gasteiger partial charge on any atom is 0.191 e. The lowest BCUT2D eigenvalue weighted by Gasteiger charge is -2.29. The van der Waals surface area contributed by atoms with Crippen LogP contribution < -0.4 is 10.6 Å². The molecule has 1 saturated heterocycles. The Morgan fingerprint density at radius 2 is 2.00 bits per heavy atom. The van der Waals surface area contributed by atoms with E-state index in [9.17, 15) is 4.39 Å². The Labute approximate surface area is 185 Å². The summed E-state index contributed by atoms with van der Waals surface area (Å²) < 4.78 is 13.5. The van der Waals surface area contributed by atoms with Gasteiger partial charge in [-0.05, 0) is 81.8 Å². The standard InChI is InChI=1S/C20H33FN4S.HI/c1-4-22-20(23-10-7-16-8-11-25(2)12-9-16)24-14-17-5-6-19(21)13-18(17)15-26-3;/h5-6,13,16H,4,7-12,14-15H2,1-3H3,(H2,22,23,24);1H. The minimum atomic E-state index is -0.176. The van der Waals surface area contributed by atoms with E-state index in [1.165, 1.54) is 38.4 Å². The van der Waals surface area contributed by atoms with E-state index in [-0.39, 0.29) is 29.8 Å². The summed E-state index contributed by atoms with van der Waals surface area (Å²) in [4.78, 5) is 7.11. The Kier molecular flexibility index (Phi) is 12.3. The smallest absolute Gasteiger partial charge is 0.191 e. The summed E-state index contributed by atoms with van der Waals surface area (Å²) in [5, 5.41) is 6.77. The summed E-state index contributed by atoms with van der Waals surface area (Å²) in [5.41, 5.74) is 2.12. The molecule has 1 heterocycles. The first-order valence-corrected chi connectivity index (χ1v) is 11.0. The number of nitrogens with one attached hydrogen (secondary N) is 2. The van der Waals surface area contributed by atoms with Crippen LogP contribution in [0.4, 0.5) is 4.39 Å². The van der Waals surface area contributed by atoms with Gasteiger partial charge in [0.05, 0.1) is 6.54 Å². The van der Waals surface area contributed by atoms with Gasteiger partial charge in [-0.3, -0.25) is 0 Å². The van der Waals surface area contributed by atoms with Gasteiger partial charge < -0.3 is 15.5 Å². The zero-order valence-corrected chi connectivity index (χ0v) is 19.9. The van der Waals surface area contributed by atoms with Crippen molar-refractivity contribution in [3.05, 3.63) is 35.1 Å². The van der Waals surface area contributed by atoms with Crippen LogP contribution in [0.2, 0.25) is 0 Å². The van der Waals surface area contributed by atoms with Crippen molar-refractivity contribution < 1.29 is 4.39 Å². The molecule has 1 fully saturated rings. The molecule has 1 aromatic rings. The summed E-state index contributed by atoms with van der Waals surface area (Å²) in [6, 6.07) is 5.00. The molecule has 154 valence electrons. The number of likely N-dealkylation sites (tertiary alicyclic amines) is 1. The van der Waals surface area contributed by atoms with E-state index in [0.717, 1.165) is 41.8 Å². The second-order valence-electron chi connectivity index (χ2n) is 7.00. The number of thioether (sulfide) groups is 1. The molecule has 0 spiro atoms. The van der Waals surface area contributed by atoms with Gasteiger partial charge >= 0.3 is 0 Å². The molecule has 0 radical (unpaired) electrons. The van der Waals surface area contributed by atoms with Crippen LogP contribution in [0.25, 0.3) is 0 Å².